The van der Waals surface area contributed by atoms with Crippen molar-refractivity contribution in [1.29, 1.82) is 15.8 Å². The van der Waals surface area contributed by atoms with Gasteiger partial charge in [-0.3, -0.25) is 0 Å². The summed E-state index contributed by atoms with van der Waals surface area (Å²) in [7, 11) is 0. The summed E-state index contributed by atoms with van der Waals surface area (Å²) >= 11 is 0. The number of carbonyl (C=O) groups is 1. The van der Waals surface area contributed by atoms with E-state index in [1.807, 2.05) is 12.1 Å². The van der Waals surface area contributed by atoms with E-state index in [2.05, 4.69) is 9.58 Å². The first-order valence-electron chi connectivity index (χ1n) is 8.22. The van der Waals surface area contributed by atoms with Crippen LogP contribution in [0.5, 0.6) is 0 Å². The average Bonchev–Trinajstić information content (AvgIpc) is 2.72. The maximum atomic E-state index is 12.5. The van der Waals surface area contributed by atoms with Crippen LogP contribution in [0.2, 0.25) is 0 Å². The van der Waals surface area contributed by atoms with Crippen LogP contribution >= 0.6 is 0 Å². The molecule has 152 valence electrons. The van der Waals surface area contributed by atoms with Crippen LogP contribution in [0.1, 0.15) is 23.6 Å². The number of esters is 1. The minimum absolute atomic E-state index is 0.142. The minimum atomic E-state index is -0.691. The molecule has 30 heavy (non-hydrogen) atoms. The van der Waals surface area contributed by atoms with Crippen LogP contribution in [-0.2, 0) is 16.0 Å². The van der Waals surface area contributed by atoms with E-state index in [1.54, 1.807) is 6.92 Å². The third kappa shape index (κ3) is 10.1. The van der Waals surface area contributed by atoms with Crippen LogP contribution in [0.3, 0.4) is 0 Å². The molecule has 0 N–H and O–H groups in total. The molecule has 0 aliphatic heterocycles. The molecule has 0 aliphatic rings. The first-order valence-corrected chi connectivity index (χ1v) is 8.22. The van der Waals surface area contributed by atoms with E-state index in [-0.39, 0.29) is 24.1 Å². The van der Waals surface area contributed by atoms with E-state index in [9.17, 15) is 18.0 Å². The third-order valence-electron chi connectivity index (χ3n) is 3.02. The number of nitriles is 3. The Bertz CT molecular complexity index is 1030. The molecular weight excluding hydrogens is 397 g/mol. The standard InChI is InChI=1S/C9H5FN2.C7H3F2N.C5H7NO2/c10-9-2-1-7(3-4-11)8(5-9)6-12;8-6-1-2-7(9)5(3-6)4-10;1-3-8-5(7)4-6-2/h1-2,5H,3H2;1-3H;3-4H2,1H3. The number of rotatable bonds is 3. The van der Waals surface area contributed by atoms with Gasteiger partial charge in [0.15, 0.2) is 0 Å². The third-order valence-corrected chi connectivity index (χ3v) is 3.02. The Hall–Kier alpha value is -4.34. The second kappa shape index (κ2) is 14.7. The molecule has 0 saturated heterocycles. The largest absolute Gasteiger partial charge is 0.460 e. The number of ether oxygens (including phenoxy) is 1. The second-order valence-electron chi connectivity index (χ2n) is 5.11. The van der Waals surface area contributed by atoms with Crippen molar-refractivity contribution in [2.45, 2.75) is 13.3 Å². The second-order valence-corrected chi connectivity index (χ2v) is 5.11. The summed E-state index contributed by atoms with van der Waals surface area (Å²) in [5.74, 6) is -2.18. The normalized spacial score (nSPS) is 8.40. The summed E-state index contributed by atoms with van der Waals surface area (Å²) in [5, 5.41) is 25.1. The van der Waals surface area contributed by atoms with Gasteiger partial charge in [0.1, 0.15) is 23.5 Å². The smallest absolute Gasteiger partial charge is 0.387 e. The van der Waals surface area contributed by atoms with Crippen molar-refractivity contribution in [3.63, 3.8) is 0 Å². The molecule has 0 unspecified atom stereocenters. The van der Waals surface area contributed by atoms with Crippen molar-refractivity contribution < 1.29 is 22.7 Å². The van der Waals surface area contributed by atoms with E-state index in [0.717, 1.165) is 24.3 Å². The van der Waals surface area contributed by atoms with Gasteiger partial charge >= 0.3 is 12.5 Å². The predicted molar refractivity (Wildman–Crippen MR) is 99.6 cm³/mol. The monoisotopic (exact) mass is 412 g/mol. The molecule has 0 spiro atoms. The quantitative estimate of drug-likeness (QED) is 0.559. The zero-order valence-electron chi connectivity index (χ0n) is 15.8. The van der Waals surface area contributed by atoms with Gasteiger partial charge in [-0.1, -0.05) is 6.07 Å². The molecular formula is C21H15F3N4O2. The highest BCUT2D eigenvalue weighted by Gasteiger charge is 2.02. The van der Waals surface area contributed by atoms with E-state index >= 15 is 0 Å². The lowest BCUT2D eigenvalue weighted by atomic mass is 10.1. The maximum Gasteiger partial charge on any atom is 0.387 e. The molecule has 0 amide bonds. The number of benzene rings is 2. The van der Waals surface area contributed by atoms with Gasteiger partial charge in [-0.15, -0.1) is 0 Å². The molecule has 0 radical (unpaired) electrons. The van der Waals surface area contributed by atoms with Crippen molar-refractivity contribution >= 4 is 5.97 Å². The van der Waals surface area contributed by atoms with Gasteiger partial charge in [-0.2, -0.15) is 15.8 Å². The van der Waals surface area contributed by atoms with Crippen LogP contribution < -0.4 is 0 Å². The van der Waals surface area contributed by atoms with E-state index in [4.69, 9.17) is 22.4 Å². The predicted octanol–water partition coefficient (Wildman–Crippen LogP) is 4.07. The molecule has 2 aromatic carbocycles. The highest BCUT2D eigenvalue weighted by Crippen LogP contribution is 2.10. The Balaban J connectivity index is 0.000000431. The van der Waals surface area contributed by atoms with E-state index in [0.29, 0.717) is 12.2 Å². The zero-order chi connectivity index (χ0) is 22.9. The Morgan fingerprint density at radius 2 is 1.60 bits per heavy atom. The molecule has 2 rings (SSSR count). The summed E-state index contributed by atoms with van der Waals surface area (Å²) < 4.78 is 41.6. The fraction of sp³-hybridized carbons (Fsp3) is 0.190. The molecule has 0 atom stereocenters. The number of carbonyl (C=O) groups excluding carboxylic acids is 1. The Kier molecular flexibility index (Phi) is 12.6. The van der Waals surface area contributed by atoms with Gasteiger partial charge in [0.05, 0.1) is 36.3 Å². The first-order chi connectivity index (χ1) is 14.3. The average molecular weight is 412 g/mol. The molecule has 0 aliphatic carbocycles. The summed E-state index contributed by atoms with van der Waals surface area (Å²) in [4.78, 5) is 13.0. The fourth-order valence-corrected chi connectivity index (χ4v) is 1.75. The molecule has 0 saturated carbocycles. The molecule has 6 nitrogen and oxygen atoms in total. The van der Waals surface area contributed by atoms with Crippen molar-refractivity contribution in [2.24, 2.45) is 0 Å². The van der Waals surface area contributed by atoms with Gasteiger partial charge in [0.2, 0.25) is 0 Å². The molecule has 0 heterocycles. The highest BCUT2D eigenvalue weighted by molar-refractivity contribution is 5.73. The van der Waals surface area contributed by atoms with E-state index in [1.165, 1.54) is 18.2 Å². The van der Waals surface area contributed by atoms with Gasteiger partial charge in [-0.05, 0) is 42.8 Å². The van der Waals surface area contributed by atoms with Crippen molar-refractivity contribution in [3.05, 3.63) is 82.0 Å². The summed E-state index contributed by atoms with van der Waals surface area (Å²) in [6.45, 7) is 8.14. The van der Waals surface area contributed by atoms with Crippen LogP contribution in [0.4, 0.5) is 13.2 Å². The molecule has 9 heteroatoms. The van der Waals surface area contributed by atoms with Gasteiger partial charge in [0.25, 0.3) is 0 Å². The minimum Gasteiger partial charge on any atom is -0.460 e. The van der Waals surface area contributed by atoms with Crippen molar-refractivity contribution in [2.75, 3.05) is 13.2 Å². The van der Waals surface area contributed by atoms with Gasteiger partial charge < -0.3 is 9.58 Å². The Labute approximate surface area is 171 Å². The fourth-order valence-electron chi connectivity index (χ4n) is 1.75. The van der Waals surface area contributed by atoms with Gasteiger partial charge in [-0.25, -0.2) is 24.5 Å². The summed E-state index contributed by atoms with van der Waals surface area (Å²) in [6, 6.07) is 11.8. The molecule has 0 fully saturated rings. The van der Waals surface area contributed by atoms with Crippen LogP contribution in [0.15, 0.2) is 36.4 Å². The highest BCUT2D eigenvalue weighted by atomic mass is 19.1. The van der Waals surface area contributed by atoms with Crippen LogP contribution in [0, 0.1) is 58.0 Å². The molecule has 0 bridgehead atoms. The molecule has 0 aromatic heterocycles. The zero-order valence-corrected chi connectivity index (χ0v) is 15.8. The number of halogens is 3. The lowest BCUT2D eigenvalue weighted by Gasteiger charge is -1.96. The Morgan fingerprint density at radius 3 is 2.07 bits per heavy atom. The lowest BCUT2D eigenvalue weighted by Crippen LogP contribution is -2.05. The Morgan fingerprint density at radius 1 is 1.03 bits per heavy atom. The topological polar surface area (TPSA) is 102 Å². The molecule has 2 aromatic rings. The lowest BCUT2D eigenvalue weighted by molar-refractivity contribution is -0.140. The number of hydrogen-bond donors (Lipinski definition) is 0. The first kappa shape index (κ1) is 25.7. The SMILES string of the molecule is N#CCc1ccc(F)cc1C#N.N#Cc1cc(F)ccc1F.[C-]#[N+]CC(=O)OCC. The summed E-state index contributed by atoms with van der Waals surface area (Å²) in [6.07, 6.45) is 0.142. The van der Waals surface area contributed by atoms with E-state index < -0.39 is 23.4 Å². The summed E-state index contributed by atoms with van der Waals surface area (Å²) in [5.41, 5.74) is 0.540. The number of nitrogens with zero attached hydrogens (tertiary/aromatic N) is 4. The van der Waals surface area contributed by atoms with Crippen molar-refractivity contribution in [3.8, 4) is 18.2 Å². The van der Waals surface area contributed by atoms with Crippen LogP contribution in [-0.4, -0.2) is 19.1 Å². The van der Waals surface area contributed by atoms with Gasteiger partial charge in [0, 0.05) is 0 Å². The maximum absolute atomic E-state index is 12.5. The van der Waals surface area contributed by atoms with Crippen LogP contribution in [0.25, 0.3) is 4.85 Å². The number of hydrogen-bond acceptors (Lipinski definition) is 5. The van der Waals surface area contributed by atoms with Crippen molar-refractivity contribution in [1.82, 2.24) is 0 Å².